The minimum atomic E-state index is -0.0436. The summed E-state index contributed by atoms with van der Waals surface area (Å²) < 4.78 is 10.7. The van der Waals surface area contributed by atoms with E-state index in [0.717, 1.165) is 28.9 Å². The second kappa shape index (κ2) is 9.60. The standard InChI is InChI=1S/C27H28N2O3/c1-19-17-23(28-21-9-5-4-6-10-21)22-11-7-8-12-24(22)29(19)27(30)16-14-20-13-15-25(31-2)26(18-20)32-3/h4-16,18-19,23,28H,17H2,1-3H3. The molecule has 5 heteroatoms. The van der Waals surface area contributed by atoms with Crippen LogP contribution in [-0.4, -0.2) is 26.2 Å². The van der Waals surface area contributed by atoms with Crippen molar-refractivity contribution in [2.75, 3.05) is 24.4 Å². The minimum Gasteiger partial charge on any atom is -0.493 e. The number of nitrogens with one attached hydrogen (secondary N) is 1. The first-order chi connectivity index (χ1) is 15.6. The molecule has 3 aromatic carbocycles. The van der Waals surface area contributed by atoms with Gasteiger partial charge in [0.1, 0.15) is 0 Å². The van der Waals surface area contributed by atoms with E-state index in [2.05, 4.69) is 30.4 Å². The van der Waals surface area contributed by atoms with Gasteiger partial charge in [0, 0.05) is 23.5 Å². The average Bonchev–Trinajstić information content (AvgIpc) is 2.83. The third-order valence-electron chi connectivity index (χ3n) is 5.77. The highest BCUT2D eigenvalue weighted by Gasteiger charge is 2.32. The van der Waals surface area contributed by atoms with Crippen LogP contribution in [0.3, 0.4) is 0 Å². The Labute approximate surface area is 189 Å². The van der Waals surface area contributed by atoms with Gasteiger partial charge in [-0.05, 0) is 60.9 Å². The Morgan fingerprint density at radius 2 is 1.69 bits per heavy atom. The molecule has 0 saturated heterocycles. The lowest BCUT2D eigenvalue weighted by molar-refractivity contribution is -0.114. The van der Waals surface area contributed by atoms with Gasteiger partial charge >= 0.3 is 0 Å². The fourth-order valence-corrected chi connectivity index (χ4v) is 4.22. The molecule has 1 aliphatic rings. The molecule has 164 valence electrons. The molecule has 1 aliphatic heterocycles. The zero-order chi connectivity index (χ0) is 22.5. The second-order valence-corrected chi connectivity index (χ2v) is 7.86. The number of hydrogen-bond acceptors (Lipinski definition) is 4. The SMILES string of the molecule is COc1ccc(C=CC(=O)N2c3ccccc3C(Nc3ccccc3)CC2C)cc1OC. The summed E-state index contributed by atoms with van der Waals surface area (Å²) >= 11 is 0. The molecule has 0 radical (unpaired) electrons. The largest absolute Gasteiger partial charge is 0.493 e. The molecule has 4 rings (SSSR count). The third kappa shape index (κ3) is 4.47. The highest BCUT2D eigenvalue weighted by molar-refractivity contribution is 6.05. The number of carbonyl (C=O) groups is 1. The van der Waals surface area contributed by atoms with Gasteiger partial charge in [-0.15, -0.1) is 0 Å². The predicted octanol–water partition coefficient (Wildman–Crippen LogP) is 5.70. The lowest BCUT2D eigenvalue weighted by Gasteiger charge is -2.39. The van der Waals surface area contributed by atoms with Gasteiger partial charge in [0.2, 0.25) is 0 Å². The molecule has 0 fully saturated rings. The topological polar surface area (TPSA) is 50.8 Å². The molecule has 2 unspecified atom stereocenters. The molecule has 0 spiro atoms. The van der Waals surface area contributed by atoms with Crippen molar-refractivity contribution in [3.8, 4) is 11.5 Å². The van der Waals surface area contributed by atoms with E-state index in [-0.39, 0.29) is 18.0 Å². The number of para-hydroxylation sites is 2. The first-order valence-electron chi connectivity index (χ1n) is 10.7. The molecule has 1 amide bonds. The van der Waals surface area contributed by atoms with Crippen molar-refractivity contribution >= 4 is 23.4 Å². The monoisotopic (exact) mass is 428 g/mol. The van der Waals surface area contributed by atoms with E-state index in [1.807, 2.05) is 65.6 Å². The van der Waals surface area contributed by atoms with Crippen molar-refractivity contribution in [2.45, 2.75) is 25.4 Å². The van der Waals surface area contributed by atoms with Crippen LogP contribution in [0.1, 0.15) is 30.5 Å². The molecular weight excluding hydrogens is 400 g/mol. The summed E-state index contributed by atoms with van der Waals surface area (Å²) in [6.45, 7) is 2.10. The quantitative estimate of drug-likeness (QED) is 0.512. The van der Waals surface area contributed by atoms with Crippen molar-refractivity contribution < 1.29 is 14.3 Å². The summed E-state index contributed by atoms with van der Waals surface area (Å²) in [6.07, 6.45) is 4.26. The molecule has 1 N–H and O–H groups in total. The number of nitrogens with zero attached hydrogens (tertiary/aromatic N) is 1. The van der Waals surface area contributed by atoms with Gasteiger partial charge in [-0.1, -0.05) is 42.5 Å². The zero-order valence-electron chi connectivity index (χ0n) is 18.6. The van der Waals surface area contributed by atoms with Gasteiger partial charge in [-0.2, -0.15) is 0 Å². The van der Waals surface area contributed by atoms with E-state index in [1.54, 1.807) is 20.3 Å². The lowest BCUT2D eigenvalue weighted by Crippen LogP contribution is -2.43. The van der Waals surface area contributed by atoms with Crippen LogP contribution in [0.15, 0.2) is 78.9 Å². The number of amides is 1. The summed E-state index contributed by atoms with van der Waals surface area (Å²) in [5.74, 6) is 1.25. The highest BCUT2D eigenvalue weighted by atomic mass is 16.5. The van der Waals surface area contributed by atoms with Crippen LogP contribution < -0.4 is 19.7 Å². The summed E-state index contributed by atoms with van der Waals surface area (Å²) in [7, 11) is 3.20. The van der Waals surface area contributed by atoms with Crippen LogP contribution >= 0.6 is 0 Å². The number of ether oxygens (including phenoxy) is 2. The van der Waals surface area contributed by atoms with Crippen LogP contribution in [0, 0.1) is 0 Å². The van der Waals surface area contributed by atoms with Crippen LogP contribution in [0.2, 0.25) is 0 Å². The maximum Gasteiger partial charge on any atom is 0.251 e. The Morgan fingerprint density at radius 1 is 0.969 bits per heavy atom. The predicted molar refractivity (Wildman–Crippen MR) is 129 cm³/mol. The molecule has 0 aliphatic carbocycles. The minimum absolute atomic E-state index is 0.0436. The fraction of sp³-hybridized carbons (Fsp3) is 0.222. The molecule has 0 aromatic heterocycles. The third-order valence-corrected chi connectivity index (χ3v) is 5.77. The highest BCUT2D eigenvalue weighted by Crippen LogP contribution is 2.39. The van der Waals surface area contributed by atoms with Gasteiger partial charge < -0.3 is 19.7 Å². The maximum absolute atomic E-state index is 13.2. The normalized spacial score (nSPS) is 17.7. The molecule has 0 saturated carbocycles. The van der Waals surface area contributed by atoms with Crippen molar-refractivity contribution in [3.63, 3.8) is 0 Å². The number of methoxy groups -OCH3 is 2. The number of hydrogen-bond donors (Lipinski definition) is 1. The van der Waals surface area contributed by atoms with Crippen molar-refractivity contribution in [2.24, 2.45) is 0 Å². The Balaban J connectivity index is 1.58. The van der Waals surface area contributed by atoms with Gasteiger partial charge in [-0.25, -0.2) is 0 Å². The number of anilines is 2. The fourth-order valence-electron chi connectivity index (χ4n) is 4.22. The van der Waals surface area contributed by atoms with Crippen LogP contribution in [0.4, 0.5) is 11.4 Å². The van der Waals surface area contributed by atoms with Gasteiger partial charge in [0.25, 0.3) is 5.91 Å². The second-order valence-electron chi connectivity index (χ2n) is 7.86. The van der Waals surface area contributed by atoms with Crippen molar-refractivity contribution in [3.05, 3.63) is 90.0 Å². The zero-order valence-corrected chi connectivity index (χ0v) is 18.6. The molecule has 0 bridgehead atoms. The van der Waals surface area contributed by atoms with Crippen molar-refractivity contribution in [1.29, 1.82) is 0 Å². The van der Waals surface area contributed by atoms with Crippen LogP contribution in [-0.2, 0) is 4.79 Å². The van der Waals surface area contributed by atoms with E-state index in [4.69, 9.17) is 9.47 Å². The number of benzene rings is 3. The van der Waals surface area contributed by atoms with Crippen LogP contribution in [0.5, 0.6) is 11.5 Å². The first-order valence-corrected chi connectivity index (χ1v) is 10.7. The Hall–Kier alpha value is -3.73. The molecule has 32 heavy (non-hydrogen) atoms. The van der Waals surface area contributed by atoms with Crippen molar-refractivity contribution in [1.82, 2.24) is 0 Å². The number of rotatable bonds is 6. The molecular formula is C27H28N2O3. The average molecular weight is 429 g/mol. The van der Waals surface area contributed by atoms with E-state index in [1.165, 1.54) is 0 Å². The maximum atomic E-state index is 13.2. The van der Waals surface area contributed by atoms with Gasteiger partial charge in [0.05, 0.1) is 20.3 Å². The number of fused-ring (bicyclic) bond motifs is 1. The molecule has 2 atom stereocenters. The summed E-state index contributed by atoms with van der Waals surface area (Å²) in [4.78, 5) is 15.1. The summed E-state index contributed by atoms with van der Waals surface area (Å²) in [6, 6.07) is 24.1. The van der Waals surface area contributed by atoms with Crippen LogP contribution in [0.25, 0.3) is 6.08 Å². The molecule has 3 aromatic rings. The van der Waals surface area contributed by atoms with E-state index in [0.29, 0.717) is 11.5 Å². The van der Waals surface area contributed by atoms with Gasteiger partial charge in [-0.3, -0.25) is 4.79 Å². The van der Waals surface area contributed by atoms with E-state index >= 15 is 0 Å². The number of carbonyl (C=O) groups excluding carboxylic acids is 1. The van der Waals surface area contributed by atoms with E-state index < -0.39 is 0 Å². The first kappa shape index (κ1) is 21.5. The summed E-state index contributed by atoms with van der Waals surface area (Å²) in [5, 5.41) is 3.63. The smallest absolute Gasteiger partial charge is 0.251 e. The lowest BCUT2D eigenvalue weighted by atomic mass is 9.91. The summed E-state index contributed by atoms with van der Waals surface area (Å²) in [5.41, 5.74) is 4.02. The Kier molecular flexibility index (Phi) is 6.45. The Bertz CT molecular complexity index is 1110. The van der Waals surface area contributed by atoms with Gasteiger partial charge in [0.15, 0.2) is 11.5 Å². The Morgan fingerprint density at radius 3 is 2.44 bits per heavy atom. The molecule has 5 nitrogen and oxygen atoms in total. The molecule has 1 heterocycles. The van der Waals surface area contributed by atoms with E-state index in [9.17, 15) is 4.79 Å².